The summed E-state index contributed by atoms with van der Waals surface area (Å²) >= 11 is 1.33. The Labute approximate surface area is 155 Å². The number of carbonyl (C=O) groups excluding carboxylic acids is 3. The fourth-order valence-corrected chi connectivity index (χ4v) is 4.03. The van der Waals surface area contributed by atoms with Crippen LogP contribution in [0.5, 0.6) is 0 Å². The van der Waals surface area contributed by atoms with E-state index < -0.39 is 12.1 Å². The van der Waals surface area contributed by atoms with Crippen molar-refractivity contribution in [3.63, 3.8) is 0 Å². The number of Topliss-reactive ketones (excluding diaryl/α,β-unsaturated/α-hetero) is 2. The first-order valence-electron chi connectivity index (χ1n) is 8.23. The van der Waals surface area contributed by atoms with Gasteiger partial charge in [0.15, 0.2) is 11.9 Å². The highest BCUT2D eigenvalue weighted by atomic mass is 32.1. The van der Waals surface area contributed by atoms with Crippen LogP contribution in [0.3, 0.4) is 0 Å². The number of ether oxygens (including phenoxy) is 1. The fraction of sp³-hybridized carbons (Fsp3) is 0.250. The molecule has 0 unspecified atom stereocenters. The summed E-state index contributed by atoms with van der Waals surface area (Å²) in [7, 11) is 0. The smallest absolute Gasteiger partial charge is 0.349 e. The van der Waals surface area contributed by atoms with E-state index in [0.29, 0.717) is 27.4 Å². The van der Waals surface area contributed by atoms with Gasteiger partial charge in [-0.2, -0.15) is 0 Å². The molecule has 3 aromatic rings. The molecule has 0 saturated carbocycles. The van der Waals surface area contributed by atoms with Crippen molar-refractivity contribution in [2.75, 3.05) is 0 Å². The molecule has 0 fully saturated rings. The van der Waals surface area contributed by atoms with Gasteiger partial charge >= 0.3 is 5.97 Å². The molecular formula is C20H19NO4S. The molecule has 1 aromatic carbocycles. The minimum Gasteiger partial charge on any atom is -0.450 e. The van der Waals surface area contributed by atoms with E-state index in [1.54, 1.807) is 19.9 Å². The normalized spacial score (nSPS) is 12.2. The zero-order valence-electron chi connectivity index (χ0n) is 15.0. The summed E-state index contributed by atoms with van der Waals surface area (Å²) in [5, 5.41) is 0.963. The standard InChI is InChI=1S/C20H19NO4S/c1-10-17(12(3)22)11(2)21-18(10)19(23)13(4)25-20(24)16-9-14-7-5-6-8-15(14)26-16/h5-9,13,21H,1-4H3/t13-/m0/s1. The molecule has 3 rings (SSSR count). The number of hydrogen-bond donors (Lipinski definition) is 1. The summed E-state index contributed by atoms with van der Waals surface area (Å²) < 4.78 is 6.35. The Morgan fingerprint density at radius 3 is 2.46 bits per heavy atom. The van der Waals surface area contributed by atoms with Crippen LogP contribution in [0.1, 0.15) is 55.6 Å². The van der Waals surface area contributed by atoms with Crippen LogP contribution in [-0.2, 0) is 4.74 Å². The molecule has 0 aliphatic rings. The third-order valence-corrected chi connectivity index (χ3v) is 5.41. The second-order valence-corrected chi connectivity index (χ2v) is 7.33. The lowest BCUT2D eigenvalue weighted by atomic mass is 10.0. The first-order valence-corrected chi connectivity index (χ1v) is 9.05. The maximum absolute atomic E-state index is 12.7. The van der Waals surface area contributed by atoms with Gasteiger partial charge in [0, 0.05) is 16.0 Å². The lowest BCUT2D eigenvalue weighted by molar-refractivity contribution is 0.0321. The molecule has 1 atom stereocenters. The molecule has 0 bridgehead atoms. The SMILES string of the molecule is CC(=O)c1c(C)[nH]c(C(=O)[C@H](C)OC(=O)c2cc3ccccc3s2)c1C. The van der Waals surface area contributed by atoms with Crippen molar-refractivity contribution >= 4 is 39.0 Å². The Balaban J connectivity index is 1.80. The van der Waals surface area contributed by atoms with E-state index in [2.05, 4.69) is 4.98 Å². The number of ketones is 2. The van der Waals surface area contributed by atoms with Crippen LogP contribution < -0.4 is 0 Å². The van der Waals surface area contributed by atoms with Gasteiger partial charge in [0.1, 0.15) is 4.88 Å². The van der Waals surface area contributed by atoms with Crippen LogP contribution in [-0.4, -0.2) is 28.6 Å². The molecule has 0 aliphatic carbocycles. The third kappa shape index (κ3) is 3.20. The summed E-state index contributed by atoms with van der Waals surface area (Å²) in [6.45, 7) is 6.46. The van der Waals surface area contributed by atoms with Crippen LogP contribution in [0.4, 0.5) is 0 Å². The van der Waals surface area contributed by atoms with Crippen molar-refractivity contribution < 1.29 is 19.1 Å². The Morgan fingerprint density at radius 2 is 1.85 bits per heavy atom. The van der Waals surface area contributed by atoms with Crippen molar-refractivity contribution in [2.24, 2.45) is 0 Å². The fourth-order valence-electron chi connectivity index (χ4n) is 3.08. The topological polar surface area (TPSA) is 76.2 Å². The van der Waals surface area contributed by atoms with E-state index in [1.807, 2.05) is 24.3 Å². The highest BCUT2D eigenvalue weighted by Crippen LogP contribution is 2.26. The number of aryl methyl sites for hydroxylation is 1. The minimum absolute atomic E-state index is 0.106. The molecule has 1 N–H and O–H groups in total. The third-order valence-electron chi connectivity index (χ3n) is 4.32. The van der Waals surface area contributed by atoms with Gasteiger partial charge in [-0.25, -0.2) is 4.79 Å². The molecule has 0 aliphatic heterocycles. The summed E-state index contributed by atoms with van der Waals surface area (Å²) in [5.41, 5.74) is 2.05. The van der Waals surface area contributed by atoms with Gasteiger partial charge in [0.2, 0.25) is 5.78 Å². The van der Waals surface area contributed by atoms with Crippen LogP contribution >= 0.6 is 11.3 Å². The average molecular weight is 369 g/mol. The first kappa shape index (κ1) is 18.1. The average Bonchev–Trinajstić information content (AvgIpc) is 3.14. The number of carbonyl (C=O) groups is 3. The van der Waals surface area contributed by atoms with Crippen molar-refractivity contribution in [1.29, 1.82) is 0 Å². The number of benzene rings is 1. The number of thiophene rings is 1. The predicted molar refractivity (Wildman–Crippen MR) is 101 cm³/mol. The Hall–Kier alpha value is -2.73. The number of fused-ring (bicyclic) bond motifs is 1. The monoisotopic (exact) mass is 369 g/mol. The number of aromatic amines is 1. The molecule has 0 amide bonds. The minimum atomic E-state index is -0.954. The van der Waals surface area contributed by atoms with E-state index in [1.165, 1.54) is 25.2 Å². The lowest BCUT2D eigenvalue weighted by Gasteiger charge is -2.11. The van der Waals surface area contributed by atoms with Gasteiger partial charge in [-0.05, 0) is 50.8 Å². The van der Waals surface area contributed by atoms with Crippen molar-refractivity contribution in [3.05, 3.63) is 57.7 Å². The van der Waals surface area contributed by atoms with E-state index in [4.69, 9.17) is 4.74 Å². The van der Waals surface area contributed by atoms with Gasteiger partial charge in [-0.1, -0.05) is 18.2 Å². The molecule has 0 radical (unpaired) electrons. The maximum atomic E-state index is 12.7. The number of nitrogens with one attached hydrogen (secondary N) is 1. The van der Waals surface area contributed by atoms with Gasteiger partial charge in [0.05, 0.1) is 5.69 Å². The second kappa shape index (κ2) is 6.88. The van der Waals surface area contributed by atoms with Crippen LogP contribution in [0, 0.1) is 13.8 Å². The maximum Gasteiger partial charge on any atom is 0.349 e. The Morgan fingerprint density at radius 1 is 1.15 bits per heavy atom. The largest absolute Gasteiger partial charge is 0.450 e. The highest BCUT2D eigenvalue weighted by molar-refractivity contribution is 7.20. The quantitative estimate of drug-likeness (QED) is 0.531. The van der Waals surface area contributed by atoms with Crippen molar-refractivity contribution in [2.45, 2.75) is 33.8 Å². The molecule has 0 spiro atoms. The van der Waals surface area contributed by atoms with Crippen LogP contribution in [0.25, 0.3) is 10.1 Å². The number of aromatic nitrogens is 1. The number of H-pyrrole nitrogens is 1. The number of esters is 1. The molecule has 2 aromatic heterocycles. The zero-order valence-corrected chi connectivity index (χ0v) is 15.8. The first-order chi connectivity index (χ1) is 12.3. The van der Waals surface area contributed by atoms with Crippen molar-refractivity contribution in [3.8, 4) is 0 Å². The zero-order chi connectivity index (χ0) is 19.0. The molecule has 134 valence electrons. The molecular weight excluding hydrogens is 350 g/mol. The molecule has 6 heteroatoms. The van der Waals surface area contributed by atoms with E-state index in [0.717, 1.165) is 10.1 Å². The summed E-state index contributed by atoms with van der Waals surface area (Å²) in [6.07, 6.45) is -0.954. The Bertz CT molecular complexity index is 995. The Kier molecular flexibility index (Phi) is 4.78. The second-order valence-electron chi connectivity index (χ2n) is 6.24. The van der Waals surface area contributed by atoms with Crippen molar-refractivity contribution in [1.82, 2.24) is 4.98 Å². The molecule has 5 nitrogen and oxygen atoms in total. The predicted octanol–water partition coefficient (Wildman–Crippen LogP) is 4.48. The highest BCUT2D eigenvalue weighted by Gasteiger charge is 2.26. The van der Waals surface area contributed by atoms with Crippen LogP contribution in [0.2, 0.25) is 0 Å². The lowest BCUT2D eigenvalue weighted by Crippen LogP contribution is -2.25. The van der Waals surface area contributed by atoms with Gasteiger partial charge in [-0.3, -0.25) is 9.59 Å². The summed E-state index contributed by atoms with van der Waals surface area (Å²) in [6, 6.07) is 9.42. The summed E-state index contributed by atoms with van der Waals surface area (Å²) in [5.74, 6) is -0.988. The van der Waals surface area contributed by atoms with E-state index in [-0.39, 0.29) is 11.6 Å². The van der Waals surface area contributed by atoms with Crippen LogP contribution in [0.15, 0.2) is 30.3 Å². The van der Waals surface area contributed by atoms with Gasteiger partial charge in [-0.15, -0.1) is 11.3 Å². The van der Waals surface area contributed by atoms with Gasteiger partial charge in [0.25, 0.3) is 0 Å². The van der Waals surface area contributed by atoms with E-state index >= 15 is 0 Å². The summed E-state index contributed by atoms with van der Waals surface area (Å²) in [4.78, 5) is 40.2. The van der Waals surface area contributed by atoms with E-state index in [9.17, 15) is 14.4 Å². The molecule has 2 heterocycles. The number of rotatable bonds is 5. The molecule has 0 saturated heterocycles. The number of hydrogen-bond acceptors (Lipinski definition) is 5. The van der Waals surface area contributed by atoms with Gasteiger partial charge < -0.3 is 9.72 Å². The molecule has 26 heavy (non-hydrogen) atoms.